The summed E-state index contributed by atoms with van der Waals surface area (Å²) in [4.78, 5) is 10.8. The maximum Gasteiger partial charge on any atom is 0.272 e. The summed E-state index contributed by atoms with van der Waals surface area (Å²) < 4.78 is 25.1. The average Bonchev–Trinajstić information content (AvgIpc) is 2.75. The molecule has 0 fully saturated rings. The standard InChI is InChI=1S/C8H13ClN4O3S2/c1-5(4-9)13(3)18(15,16)8-12-11-7(17-8)10-6(2)14/h5H,4H2,1-3H3,(H,10,11,14). The van der Waals surface area contributed by atoms with E-state index in [1.807, 2.05) is 0 Å². The number of hydrogen-bond donors (Lipinski definition) is 1. The summed E-state index contributed by atoms with van der Waals surface area (Å²) in [6.07, 6.45) is 0. The molecule has 0 radical (unpaired) electrons. The number of aromatic nitrogens is 2. The number of rotatable bonds is 5. The lowest BCUT2D eigenvalue weighted by Gasteiger charge is -2.20. The second-order valence-corrected chi connectivity index (χ2v) is 7.04. The molecule has 0 aromatic carbocycles. The highest BCUT2D eigenvalue weighted by molar-refractivity contribution is 7.91. The lowest BCUT2D eigenvalue weighted by Crippen LogP contribution is -2.36. The third kappa shape index (κ3) is 3.37. The monoisotopic (exact) mass is 312 g/mol. The first-order valence-electron chi connectivity index (χ1n) is 4.94. The van der Waals surface area contributed by atoms with E-state index in [4.69, 9.17) is 11.6 Å². The molecule has 0 aliphatic carbocycles. The normalized spacial score (nSPS) is 13.6. The summed E-state index contributed by atoms with van der Waals surface area (Å²) in [5, 5.41) is 9.67. The molecule has 1 rings (SSSR count). The Balaban J connectivity index is 2.99. The summed E-state index contributed by atoms with van der Waals surface area (Å²) >= 11 is 6.42. The molecule has 7 nitrogen and oxygen atoms in total. The summed E-state index contributed by atoms with van der Waals surface area (Å²) in [5.41, 5.74) is 0. The first-order chi connectivity index (χ1) is 8.28. The van der Waals surface area contributed by atoms with E-state index in [9.17, 15) is 13.2 Å². The van der Waals surface area contributed by atoms with Crippen LogP contribution in [0.25, 0.3) is 0 Å². The van der Waals surface area contributed by atoms with Gasteiger partial charge in [-0.3, -0.25) is 4.79 Å². The first-order valence-corrected chi connectivity index (χ1v) is 7.73. The minimum atomic E-state index is -3.72. The Kier molecular flexibility index (Phi) is 5.02. The van der Waals surface area contributed by atoms with Crippen molar-refractivity contribution >= 4 is 44.0 Å². The highest BCUT2D eigenvalue weighted by Crippen LogP contribution is 2.23. The number of hydrogen-bond acceptors (Lipinski definition) is 6. The Hall–Kier alpha value is -0.770. The van der Waals surface area contributed by atoms with Gasteiger partial charge in [-0.25, -0.2) is 8.42 Å². The van der Waals surface area contributed by atoms with Crippen molar-refractivity contribution in [2.75, 3.05) is 18.2 Å². The third-order valence-corrected chi connectivity index (χ3v) is 5.74. The third-order valence-electron chi connectivity index (χ3n) is 2.13. The van der Waals surface area contributed by atoms with E-state index in [1.54, 1.807) is 6.92 Å². The Morgan fingerprint density at radius 2 is 2.17 bits per heavy atom. The predicted octanol–water partition coefficient (Wildman–Crippen LogP) is 0.744. The number of carbonyl (C=O) groups is 1. The highest BCUT2D eigenvalue weighted by Gasteiger charge is 2.28. The van der Waals surface area contributed by atoms with Gasteiger partial charge in [-0.2, -0.15) is 4.31 Å². The molecule has 1 aromatic heterocycles. The minimum absolute atomic E-state index is 0.146. The molecule has 10 heteroatoms. The van der Waals surface area contributed by atoms with Crippen molar-refractivity contribution in [1.82, 2.24) is 14.5 Å². The van der Waals surface area contributed by atoms with Crippen LogP contribution in [0.3, 0.4) is 0 Å². The molecular formula is C8H13ClN4O3S2. The van der Waals surface area contributed by atoms with Crippen LogP contribution in [0, 0.1) is 0 Å². The molecule has 0 saturated heterocycles. The number of anilines is 1. The van der Waals surface area contributed by atoms with Crippen LogP contribution in [0.1, 0.15) is 13.8 Å². The maximum atomic E-state index is 12.1. The molecule has 102 valence electrons. The van der Waals surface area contributed by atoms with E-state index in [-0.39, 0.29) is 27.3 Å². The first kappa shape index (κ1) is 15.3. The van der Waals surface area contributed by atoms with Gasteiger partial charge in [-0.1, -0.05) is 11.3 Å². The second kappa shape index (κ2) is 5.91. The van der Waals surface area contributed by atoms with Gasteiger partial charge in [0.2, 0.25) is 15.4 Å². The summed E-state index contributed by atoms with van der Waals surface area (Å²) in [6, 6.07) is -0.357. The van der Waals surface area contributed by atoms with Crippen LogP contribution in [0.5, 0.6) is 0 Å². The van der Waals surface area contributed by atoms with Crippen LogP contribution in [0.4, 0.5) is 5.13 Å². The van der Waals surface area contributed by atoms with Crippen LogP contribution in [-0.4, -0.2) is 47.8 Å². The van der Waals surface area contributed by atoms with E-state index in [0.29, 0.717) is 0 Å². The number of carbonyl (C=O) groups excluding carboxylic acids is 1. The van der Waals surface area contributed by atoms with Crippen LogP contribution in [0.15, 0.2) is 4.34 Å². The number of alkyl halides is 1. The molecule has 1 heterocycles. The largest absolute Gasteiger partial charge is 0.301 e. The fraction of sp³-hybridized carbons (Fsp3) is 0.625. The lowest BCUT2D eigenvalue weighted by molar-refractivity contribution is -0.114. The van der Waals surface area contributed by atoms with Gasteiger partial charge in [0.1, 0.15) is 0 Å². The number of nitrogens with zero attached hydrogens (tertiary/aromatic N) is 3. The Morgan fingerprint density at radius 1 is 1.56 bits per heavy atom. The van der Waals surface area contributed by atoms with Gasteiger partial charge in [0.25, 0.3) is 10.0 Å². The van der Waals surface area contributed by atoms with E-state index in [0.717, 1.165) is 15.6 Å². The van der Waals surface area contributed by atoms with Gasteiger partial charge in [0, 0.05) is 25.9 Å². The van der Waals surface area contributed by atoms with Crippen LogP contribution >= 0.6 is 22.9 Å². The van der Waals surface area contributed by atoms with Crippen molar-refractivity contribution in [2.24, 2.45) is 0 Å². The Morgan fingerprint density at radius 3 is 2.67 bits per heavy atom. The lowest BCUT2D eigenvalue weighted by atomic mass is 10.4. The second-order valence-electron chi connectivity index (χ2n) is 3.58. The smallest absolute Gasteiger partial charge is 0.272 e. The van der Waals surface area contributed by atoms with Crippen molar-refractivity contribution in [1.29, 1.82) is 0 Å². The molecule has 0 saturated carbocycles. The zero-order valence-corrected chi connectivity index (χ0v) is 12.4. The van der Waals surface area contributed by atoms with E-state index in [2.05, 4.69) is 15.5 Å². The van der Waals surface area contributed by atoms with Crippen LogP contribution in [0.2, 0.25) is 0 Å². The quantitative estimate of drug-likeness (QED) is 0.639. The molecule has 1 unspecified atom stereocenters. The highest BCUT2D eigenvalue weighted by atomic mass is 35.5. The van der Waals surface area contributed by atoms with E-state index in [1.165, 1.54) is 14.0 Å². The number of halogens is 1. The maximum absolute atomic E-state index is 12.1. The van der Waals surface area contributed by atoms with Gasteiger partial charge in [0.05, 0.1) is 0 Å². The van der Waals surface area contributed by atoms with Crippen molar-refractivity contribution < 1.29 is 13.2 Å². The molecule has 1 atom stereocenters. The SMILES string of the molecule is CC(=O)Nc1nnc(S(=O)(=O)N(C)C(C)CCl)s1. The van der Waals surface area contributed by atoms with Crippen molar-refractivity contribution in [3.63, 3.8) is 0 Å². The molecular weight excluding hydrogens is 300 g/mol. The molecule has 1 N–H and O–H groups in total. The summed E-state index contributed by atoms with van der Waals surface area (Å²) in [5.74, 6) is -0.162. The predicted molar refractivity (Wildman–Crippen MR) is 69.3 cm³/mol. The molecule has 1 amide bonds. The van der Waals surface area contributed by atoms with Crippen LogP contribution < -0.4 is 5.32 Å². The molecule has 0 spiro atoms. The Bertz CT molecular complexity index is 530. The van der Waals surface area contributed by atoms with Gasteiger partial charge in [-0.15, -0.1) is 21.8 Å². The molecule has 0 bridgehead atoms. The minimum Gasteiger partial charge on any atom is -0.301 e. The zero-order valence-electron chi connectivity index (χ0n) is 10.0. The van der Waals surface area contributed by atoms with E-state index < -0.39 is 10.0 Å². The summed E-state index contributed by atoms with van der Waals surface area (Å²) in [7, 11) is -2.30. The van der Waals surface area contributed by atoms with Crippen LogP contribution in [-0.2, 0) is 14.8 Å². The average molecular weight is 313 g/mol. The van der Waals surface area contributed by atoms with E-state index >= 15 is 0 Å². The molecule has 0 aliphatic heterocycles. The van der Waals surface area contributed by atoms with Gasteiger partial charge in [0.15, 0.2) is 0 Å². The number of nitrogens with one attached hydrogen (secondary N) is 1. The fourth-order valence-electron chi connectivity index (χ4n) is 0.972. The summed E-state index contributed by atoms with van der Waals surface area (Å²) in [6.45, 7) is 2.98. The zero-order chi connectivity index (χ0) is 13.9. The van der Waals surface area contributed by atoms with Gasteiger partial charge >= 0.3 is 0 Å². The topological polar surface area (TPSA) is 92.3 Å². The number of sulfonamides is 1. The fourth-order valence-corrected chi connectivity index (χ4v) is 3.73. The molecule has 0 aliphatic rings. The number of amides is 1. The molecule has 1 aromatic rings. The van der Waals surface area contributed by atoms with Crippen molar-refractivity contribution in [2.45, 2.75) is 24.2 Å². The van der Waals surface area contributed by atoms with Crippen molar-refractivity contribution in [3.05, 3.63) is 0 Å². The Labute approximate surface area is 114 Å². The van der Waals surface area contributed by atoms with Gasteiger partial charge in [-0.05, 0) is 6.92 Å². The van der Waals surface area contributed by atoms with Gasteiger partial charge < -0.3 is 5.32 Å². The van der Waals surface area contributed by atoms with Crippen molar-refractivity contribution in [3.8, 4) is 0 Å². The molecule has 18 heavy (non-hydrogen) atoms.